The minimum Gasteiger partial charge on any atom is -0.318 e. The number of rotatable bonds is 9. The maximum Gasteiger partial charge on any atom is 0.220 e. The van der Waals surface area contributed by atoms with E-state index in [0.717, 1.165) is 169 Å². The van der Waals surface area contributed by atoms with Gasteiger partial charge in [0.05, 0.1) is 67.6 Å². The van der Waals surface area contributed by atoms with E-state index in [9.17, 15) is 11.8 Å². The zero-order valence-corrected chi connectivity index (χ0v) is 54.1. The lowest BCUT2D eigenvalue weighted by molar-refractivity contribution is 1.14. The lowest BCUT2D eigenvalue weighted by Crippen LogP contribution is -2.09. The lowest BCUT2D eigenvalue weighted by Gasteiger charge is -2.26. The molecule has 99 heavy (non-hydrogen) atoms. The number of thiophene rings is 1. The van der Waals surface area contributed by atoms with E-state index in [-0.39, 0.29) is 0 Å². The standard InChI is InChI=1S/C92H54N6S/c1-94-88-84(64-43-51-83-74(55-64)73-54-63(42-50-82(73)99-83)59-28-12-4-13-29-59)75(56-93)91(97-78-46-40-61(57-24-8-2-9-25-57)52-71(78)67-44-48-80-86(89(67)97)69-36-20-22-38-76(69)95(80)65-32-16-6-17-33-65)85(60-30-14-5-15-31-60)92(88)98-79-47-41-62(58-26-10-3-11-27-58)53-72(79)68-45-49-81-87(90(68)98)70-37-21-23-39-77(70)96(81)66-34-18-7-19-35-66/h2-55H. The van der Waals surface area contributed by atoms with Crippen LogP contribution in [0.2, 0.25) is 0 Å². The van der Waals surface area contributed by atoms with E-state index in [1.165, 1.54) is 0 Å². The van der Waals surface area contributed by atoms with E-state index < -0.39 is 0 Å². The van der Waals surface area contributed by atoms with E-state index in [2.05, 4.69) is 352 Å². The van der Waals surface area contributed by atoms with Crippen LogP contribution in [0.1, 0.15) is 5.56 Å². The third-order valence-corrected chi connectivity index (χ3v) is 21.5. The van der Waals surface area contributed by atoms with Gasteiger partial charge in [-0.05, 0) is 142 Å². The predicted octanol–water partition coefficient (Wildman–Crippen LogP) is 25.2. The van der Waals surface area contributed by atoms with Crippen LogP contribution in [-0.2, 0) is 0 Å². The Morgan fingerprint density at radius 3 is 1.10 bits per heavy atom. The van der Waals surface area contributed by atoms with Crippen molar-refractivity contribution in [2.24, 2.45) is 0 Å². The van der Waals surface area contributed by atoms with Crippen LogP contribution < -0.4 is 0 Å². The van der Waals surface area contributed by atoms with E-state index in [1.807, 2.05) is 0 Å². The summed E-state index contributed by atoms with van der Waals surface area (Å²) < 4.78 is 11.9. The molecule has 6 nitrogen and oxygen atoms in total. The molecule has 20 rings (SSSR count). The summed E-state index contributed by atoms with van der Waals surface area (Å²) in [6.45, 7) is 10.2. The monoisotopic (exact) mass is 1270 g/mol. The van der Waals surface area contributed by atoms with Gasteiger partial charge in [-0.15, -0.1) is 11.3 Å². The van der Waals surface area contributed by atoms with Crippen molar-refractivity contribution in [1.29, 1.82) is 5.26 Å². The second kappa shape index (κ2) is 22.1. The van der Waals surface area contributed by atoms with Gasteiger partial charge in [0.1, 0.15) is 6.07 Å². The van der Waals surface area contributed by atoms with Crippen LogP contribution in [0.4, 0.5) is 5.69 Å². The number of benzene rings is 15. The number of hydrogen-bond acceptors (Lipinski definition) is 2. The van der Waals surface area contributed by atoms with E-state index in [4.69, 9.17) is 4.85 Å². The van der Waals surface area contributed by atoms with Crippen molar-refractivity contribution < 1.29 is 0 Å². The molecule has 0 fully saturated rings. The highest BCUT2D eigenvalue weighted by Gasteiger charge is 2.34. The molecule has 15 aromatic carbocycles. The largest absolute Gasteiger partial charge is 0.318 e. The first-order valence-corrected chi connectivity index (χ1v) is 34.2. The summed E-state index contributed by atoms with van der Waals surface area (Å²) >= 11 is 1.76. The van der Waals surface area contributed by atoms with Gasteiger partial charge in [0, 0.05) is 85.8 Å². The maximum atomic E-state index is 13.0. The fraction of sp³-hybridized carbons (Fsp3) is 0. The molecule has 0 atom stereocenters. The molecule has 0 bridgehead atoms. The summed E-state index contributed by atoms with van der Waals surface area (Å²) in [5.41, 5.74) is 21.7. The van der Waals surface area contributed by atoms with Crippen molar-refractivity contribution in [3.05, 3.63) is 345 Å². The number of nitrogens with zero attached hydrogens (tertiary/aromatic N) is 6. The first kappa shape index (κ1) is 56.1. The van der Waals surface area contributed by atoms with Crippen molar-refractivity contribution in [3.63, 3.8) is 0 Å². The fourth-order valence-electron chi connectivity index (χ4n) is 16.2. The zero-order chi connectivity index (χ0) is 65.4. The third kappa shape index (κ3) is 8.39. The topological polar surface area (TPSA) is 47.9 Å². The Labute approximate surface area is 573 Å². The highest BCUT2D eigenvalue weighted by molar-refractivity contribution is 7.25. The molecule has 20 aromatic rings. The minimum absolute atomic E-state index is 0.366. The van der Waals surface area contributed by atoms with Crippen molar-refractivity contribution in [2.75, 3.05) is 0 Å². The smallest absolute Gasteiger partial charge is 0.220 e. The molecule has 7 heteroatoms. The van der Waals surface area contributed by atoms with Gasteiger partial charge in [0.25, 0.3) is 0 Å². The number of aromatic nitrogens is 4. The molecule has 5 heterocycles. The maximum absolute atomic E-state index is 13.0. The normalized spacial score (nSPS) is 11.8. The molecule has 0 saturated carbocycles. The van der Waals surface area contributed by atoms with Crippen LogP contribution in [-0.4, -0.2) is 18.3 Å². The second-order valence-electron chi connectivity index (χ2n) is 25.6. The lowest BCUT2D eigenvalue weighted by atomic mass is 9.88. The van der Waals surface area contributed by atoms with Gasteiger partial charge >= 0.3 is 0 Å². The summed E-state index contributed by atoms with van der Waals surface area (Å²) in [4.78, 5) is 4.94. The fourth-order valence-corrected chi connectivity index (χ4v) is 17.3. The molecule has 0 aliphatic heterocycles. The summed E-state index contributed by atoms with van der Waals surface area (Å²) in [5.74, 6) is 0. The predicted molar refractivity (Wildman–Crippen MR) is 415 cm³/mol. The molecule has 0 aliphatic carbocycles. The van der Waals surface area contributed by atoms with E-state index >= 15 is 0 Å². The Balaban J connectivity index is 1.03. The van der Waals surface area contributed by atoms with Gasteiger partial charge in [0.2, 0.25) is 5.69 Å². The molecule has 0 spiro atoms. The van der Waals surface area contributed by atoms with Crippen molar-refractivity contribution in [3.8, 4) is 84.5 Å². The summed E-state index contributed by atoms with van der Waals surface area (Å²) in [7, 11) is 0. The Bertz CT molecular complexity index is 6510. The molecule has 0 amide bonds. The summed E-state index contributed by atoms with van der Waals surface area (Å²) in [6, 6.07) is 120. The zero-order valence-electron chi connectivity index (χ0n) is 53.3. The van der Waals surface area contributed by atoms with Gasteiger partial charge in [-0.25, -0.2) is 4.85 Å². The Morgan fingerprint density at radius 1 is 0.283 bits per heavy atom. The van der Waals surface area contributed by atoms with Gasteiger partial charge < -0.3 is 18.3 Å². The van der Waals surface area contributed by atoms with Crippen LogP contribution in [0.3, 0.4) is 0 Å². The van der Waals surface area contributed by atoms with E-state index in [0.29, 0.717) is 28.2 Å². The van der Waals surface area contributed by atoms with Gasteiger partial charge in [0.15, 0.2) is 0 Å². The van der Waals surface area contributed by atoms with Crippen molar-refractivity contribution in [2.45, 2.75) is 0 Å². The van der Waals surface area contributed by atoms with E-state index in [1.54, 1.807) is 11.3 Å². The van der Waals surface area contributed by atoms with Gasteiger partial charge in [-0.3, -0.25) is 0 Å². The number of nitriles is 1. The number of hydrogen-bond donors (Lipinski definition) is 0. The Morgan fingerprint density at radius 2 is 0.646 bits per heavy atom. The summed E-state index contributed by atoms with van der Waals surface area (Å²) in [6.07, 6.45) is 0. The molecular weight excluding hydrogens is 1220 g/mol. The van der Waals surface area contributed by atoms with Gasteiger partial charge in [-0.1, -0.05) is 231 Å². The molecule has 0 aliphatic rings. The molecule has 458 valence electrons. The molecule has 0 radical (unpaired) electrons. The van der Waals surface area contributed by atoms with Gasteiger partial charge in [-0.2, -0.15) is 5.26 Å². The molecule has 0 N–H and O–H groups in total. The first-order chi connectivity index (χ1) is 49.1. The SMILES string of the molecule is [C-]#[N+]c1c(-c2ccc3sc4ccc(-c5ccccc5)cc4c3c2)c(C#N)c(-n2c3ccc(-c4ccccc4)cc3c3ccc4c(c5ccccc5n4-c4ccccc4)c32)c(-c2ccccc2)c1-n1c2ccc(-c3ccccc3)cc2c2ccc3c(c4ccccc4n3-c3ccccc3)c21. The third-order valence-electron chi connectivity index (χ3n) is 20.4. The quantitative estimate of drug-likeness (QED) is 0.133. The van der Waals surface area contributed by atoms with Crippen LogP contribution >= 0.6 is 11.3 Å². The average Bonchev–Trinajstić information content (AvgIpc) is 1.56. The highest BCUT2D eigenvalue weighted by atomic mass is 32.1. The van der Waals surface area contributed by atoms with Crippen LogP contribution in [0.5, 0.6) is 0 Å². The average molecular weight is 1280 g/mol. The van der Waals surface area contributed by atoms with Crippen LogP contribution in [0.15, 0.2) is 328 Å². The number of para-hydroxylation sites is 4. The molecular formula is C92H54N6S. The Hall–Kier alpha value is -13.3. The minimum atomic E-state index is 0.366. The second-order valence-corrected chi connectivity index (χ2v) is 26.7. The summed E-state index contributed by atoms with van der Waals surface area (Å²) in [5, 5.41) is 23.6. The molecule has 0 saturated heterocycles. The van der Waals surface area contributed by atoms with Crippen LogP contribution in [0, 0.1) is 17.9 Å². The Kier molecular flexibility index (Phi) is 12.5. The molecule has 0 unspecified atom stereocenters. The first-order valence-electron chi connectivity index (χ1n) is 33.4. The van der Waals surface area contributed by atoms with Crippen molar-refractivity contribution >= 4 is 124 Å². The van der Waals surface area contributed by atoms with Crippen LogP contribution in [0.25, 0.3) is 191 Å². The highest BCUT2D eigenvalue weighted by Crippen LogP contribution is 2.56. The number of fused-ring (bicyclic) bond motifs is 17. The molecule has 5 aromatic heterocycles. The van der Waals surface area contributed by atoms with Crippen molar-refractivity contribution in [1.82, 2.24) is 18.3 Å².